The lowest BCUT2D eigenvalue weighted by molar-refractivity contribution is -0.384. The number of nitrogens with one attached hydrogen (secondary N) is 2. The lowest BCUT2D eigenvalue weighted by Gasteiger charge is -2.15. The van der Waals surface area contributed by atoms with Gasteiger partial charge in [0.25, 0.3) is 17.5 Å². The van der Waals surface area contributed by atoms with Crippen LogP contribution in [0.4, 0.5) is 10.5 Å². The smallest absolute Gasteiger partial charge is 0.339 e. The number of nitro benzene ring substituents is 1. The highest BCUT2D eigenvalue weighted by molar-refractivity contribution is 7.87. The van der Waals surface area contributed by atoms with E-state index in [1.807, 2.05) is 10.6 Å². The van der Waals surface area contributed by atoms with Crippen molar-refractivity contribution >= 4 is 39.7 Å². The second kappa shape index (κ2) is 7.52. The summed E-state index contributed by atoms with van der Waals surface area (Å²) in [6.07, 6.45) is 1.07. The van der Waals surface area contributed by atoms with Crippen molar-refractivity contribution in [3.8, 4) is 5.75 Å². The van der Waals surface area contributed by atoms with Crippen LogP contribution >= 0.6 is 0 Å². The van der Waals surface area contributed by atoms with Gasteiger partial charge in [0, 0.05) is 17.7 Å². The monoisotopic (exact) mass is 417 g/mol. The Balaban J connectivity index is 1.94. The Labute approximate surface area is 163 Å². The van der Waals surface area contributed by atoms with E-state index < -0.39 is 38.5 Å². The van der Waals surface area contributed by atoms with Gasteiger partial charge in [0.15, 0.2) is 0 Å². The molecule has 0 aliphatic carbocycles. The fourth-order valence-corrected chi connectivity index (χ4v) is 3.29. The number of carbonyl (C=O) groups excluding carboxylic acids is 3. The van der Waals surface area contributed by atoms with Gasteiger partial charge in [-0.25, -0.2) is 4.79 Å². The highest BCUT2D eigenvalue weighted by Gasteiger charge is 2.28. The Kier molecular flexibility index (Phi) is 5.10. The van der Waals surface area contributed by atoms with Crippen molar-refractivity contribution in [3.63, 3.8) is 0 Å². The van der Waals surface area contributed by atoms with E-state index in [0.717, 1.165) is 30.3 Å². The number of nitro groups is 1. The Morgan fingerprint density at radius 2 is 1.52 bits per heavy atom. The third-order valence-electron chi connectivity index (χ3n) is 3.70. The van der Waals surface area contributed by atoms with Crippen molar-refractivity contribution in [1.82, 2.24) is 10.6 Å². The molecule has 4 amide bonds. The molecule has 0 radical (unpaired) electrons. The minimum atomic E-state index is -4.36. The van der Waals surface area contributed by atoms with E-state index in [1.165, 1.54) is 24.3 Å². The summed E-state index contributed by atoms with van der Waals surface area (Å²) in [5.41, 5.74) is -0.640. The molecule has 1 saturated heterocycles. The van der Waals surface area contributed by atoms with E-state index in [9.17, 15) is 32.9 Å². The van der Waals surface area contributed by atoms with E-state index in [2.05, 4.69) is 0 Å². The normalized spacial score (nSPS) is 14.1. The molecule has 0 bridgehead atoms. The molecule has 0 saturated carbocycles. The van der Waals surface area contributed by atoms with Gasteiger partial charge in [0.1, 0.15) is 16.2 Å². The molecular weight excluding hydrogens is 406 g/mol. The Morgan fingerprint density at radius 1 is 0.931 bits per heavy atom. The van der Waals surface area contributed by atoms with E-state index in [0.29, 0.717) is 0 Å². The third kappa shape index (κ3) is 4.27. The molecule has 0 unspecified atom stereocenters. The molecule has 1 fully saturated rings. The van der Waals surface area contributed by atoms with Gasteiger partial charge in [-0.05, 0) is 24.3 Å². The maximum atomic E-state index is 12.5. The fourth-order valence-electron chi connectivity index (χ4n) is 2.34. The molecule has 29 heavy (non-hydrogen) atoms. The van der Waals surface area contributed by atoms with Gasteiger partial charge < -0.3 is 4.18 Å². The van der Waals surface area contributed by atoms with Crippen LogP contribution < -0.4 is 14.8 Å². The minimum absolute atomic E-state index is 0.0765. The van der Waals surface area contributed by atoms with E-state index in [4.69, 9.17) is 4.18 Å². The molecular formula is C17H11N3O8S. The van der Waals surface area contributed by atoms with Crippen LogP contribution in [0.25, 0.3) is 6.08 Å². The lowest BCUT2D eigenvalue weighted by atomic mass is 10.1. The van der Waals surface area contributed by atoms with Gasteiger partial charge in [-0.15, -0.1) is 0 Å². The summed E-state index contributed by atoms with van der Waals surface area (Å²) in [6, 6.07) is 8.75. The lowest BCUT2D eigenvalue weighted by Crippen LogP contribution is -2.51. The summed E-state index contributed by atoms with van der Waals surface area (Å²) in [5.74, 6) is -2.10. The van der Waals surface area contributed by atoms with Crippen LogP contribution in [0.3, 0.4) is 0 Å². The number of rotatable bonds is 5. The van der Waals surface area contributed by atoms with Crippen molar-refractivity contribution in [3.05, 3.63) is 69.8 Å². The number of carbonyl (C=O) groups is 3. The molecule has 11 nitrogen and oxygen atoms in total. The topological polar surface area (TPSA) is 162 Å². The second-order valence-corrected chi connectivity index (χ2v) is 7.17. The van der Waals surface area contributed by atoms with Crippen LogP contribution in [0, 0.1) is 10.1 Å². The fraction of sp³-hybridized carbons (Fsp3) is 0. The van der Waals surface area contributed by atoms with Crippen molar-refractivity contribution in [2.45, 2.75) is 4.90 Å². The van der Waals surface area contributed by atoms with Crippen LogP contribution in [0.5, 0.6) is 5.75 Å². The van der Waals surface area contributed by atoms with Crippen LogP contribution in [0.2, 0.25) is 0 Å². The molecule has 2 aromatic carbocycles. The van der Waals surface area contributed by atoms with Gasteiger partial charge in [0.05, 0.1) is 4.92 Å². The SMILES string of the molecule is O=C1NC(=O)C(=Cc2ccccc2OS(=O)(=O)c2ccc([N+](=O)[O-])cc2)C(=O)N1. The average Bonchev–Trinajstić information content (AvgIpc) is 2.65. The highest BCUT2D eigenvalue weighted by atomic mass is 32.2. The molecule has 12 heteroatoms. The molecule has 0 aromatic heterocycles. The largest absolute Gasteiger partial charge is 0.378 e. The Hall–Kier alpha value is -4.06. The minimum Gasteiger partial charge on any atom is -0.378 e. The highest BCUT2D eigenvalue weighted by Crippen LogP contribution is 2.26. The maximum absolute atomic E-state index is 12.5. The third-order valence-corrected chi connectivity index (χ3v) is 4.95. The standard InChI is InChI=1S/C17H11N3O8S/c21-15-13(16(22)19-17(23)18-15)9-10-3-1-2-4-14(10)28-29(26,27)12-7-5-11(6-8-12)20(24)25/h1-9H,(H2,18,19,21,22,23). The zero-order chi connectivity index (χ0) is 21.2. The number of amides is 4. The number of para-hydroxylation sites is 1. The van der Waals surface area contributed by atoms with E-state index in [-0.39, 0.29) is 21.9 Å². The second-order valence-electron chi connectivity index (χ2n) is 5.62. The Morgan fingerprint density at radius 3 is 2.10 bits per heavy atom. The zero-order valence-corrected chi connectivity index (χ0v) is 15.1. The predicted octanol–water partition coefficient (Wildman–Crippen LogP) is 1.11. The van der Waals surface area contributed by atoms with E-state index in [1.54, 1.807) is 0 Å². The first-order valence-corrected chi connectivity index (χ1v) is 9.24. The molecule has 3 rings (SSSR count). The number of non-ortho nitro benzene ring substituents is 1. The quantitative estimate of drug-likeness (QED) is 0.240. The molecule has 1 aliphatic heterocycles. The van der Waals surface area contributed by atoms with Crippen LogP contribution in [-0.2, 0) is 19.7 Å². The summed E-state index contributed by atoms with van der Waals surface area (Å²) in [5, 5.41) is 14.5. The van der Waals surface area contributed by atoms with Crippen molar-refractivity contribution in [2.75, 3.05) is 0 Å². The number of hydrogen-bond donors (Lipinski definition) is 2. The molecule has 0 spiro atoms. The Bertz CT molecular complexity index is 1150. The summed E-state index contributed by atoms with van der Waals surface area (Å²) in [6.45, 7) is 0. The van der Waals surface area contributed by atoms with Crippen LogP contribution in [0.15, 0.2) is 59.0 Å². The zero-order valence-electron chi connectivity index (χ0n) is 14.3. The predicted molar refractivity (Wildman–Crippen MR) is 97.0 cm³/mol. The van der Waals surface area contributed by atoms with Crippen LogP contribution in [0.1, 0.15) is 5.56 Å². The van der Waals surface area contributed by atoms with Gasteiger partial charge in [-0.1, -0.05) is 18.2 Å². The molecule has 148 valence electrons. The molecule has 0 atom stereocenters. The number of nitrogens with zero attached hydrogens (tertiary/aromatic N) is 1. The molecule has 1 aliphatic rings. The summed E-state index contributed by atoms with van der Waals surface area (Å²) < 4.78 is 30.0. The van der Waals surface area contributed by atoms with Crippen molar-refractivity contribution in [1.29, 1.82) is 0 Å². The summed E-state index contributed by atoms with van der Waals surface area (Å²) in [4.78, 5) is 44.5. The molecule has 2 aromatic rings. The summed E-state index contributed by atoms with van der Waals surface area (Å²) in [7, 11) is -4.36. The van der Waals surface area contributed by atoms with Gasteiger partial charge in [-0.2, -0.15) is 8.42 Å². The summed E-state index contributed by atoms with van der Waals surface area (Å²) >= 11 is 0. The molecule has 1 heterocycles. The van der Waals surface area contributed by atoms with Gasteiger partial charge in [0.2, 0.25) is 0 Å². The van der Waals surface area contributed by atoms with Crippen LogP contribution in [-0.4, -0.2) is 31.2 Å². The first kappa shape index (κ1) is 19.7. The number of imide groups is 2. The number of urea groups is 1. The first-order valence-electron chi connectivity index (χ1n) is 7.84. The number of benzene rings is 2. The number of hydrogen-bond acceptors (Lipinski definition) is 8. The van der Waals surface area contributed by atoms with Crippen molar-refractivity contribution in [2.24, 2.45) is 0 Å². The van der Waals surface area contributed by atoms with E-state index >= 15 is 0 Å². The average molecular weight is 417 g/mol. The van der Waals surface area contributed by atoms with Gasteiger partial charge in [-0.3, -0.25) is 30.3 Å². The maximum Gasteiger partial charge on any atom is 0.339 e. The molecule has 2 N–H and O–H groups in total. The number of barbiturate groups is 1. The van der Waals surface area contributed by atoms with Gasteiger partial charge >= 0.3 is 16.1 Å². The first-order chi connectivity index (χ1) is 13.7. The van der Waals surface area contributed by atoms with Crippen molar-refractivity contribution < 1.29 is 31.9 Å².